The van der Waals surface area contributed by atoms with Crippen LogP contribution in [0.25, 0.3) is 5.57 Å². The van der Waals surface area contributed by atoms with E-state index in [9.17, 15) is 9.59 Å². The Morgan fingerprint density at radius 3 is 2.56 bits per heavy atom. The lowest BCUT2D eigenvalue weighted by molar-refractivity contribution is -0.123. The standard InChI is InChI=1S/C13H11NO4/c15-12-7-9(13(16)14-12)8-2-3-10-11(6-8)18-5-1-4-17-10/h2-3,6-7H,1,4-5H2,(H,14,15,16). The van der Waals surface area contributed by atoms with E-state index in [1.54, 1.807) is 18.2 Å². The summed E-state index contributed by atoms with van der Waals surface area (Å²) in [5.41, 5.74) is 1.01. The molecular formula is C13H11NO4. The Labute approximate surface area is 103 Å². The molecule has 0 fully saturated rings. The molecule has 2 heterocycles. The summed E-state index contributed by atoms with van der Waals surface area (Å²) in [4.78, 5) is 22.7. The number of amides is 2. The van der Waals surface area contributed by atoms with Crippen LogP contribution in [0, 0.1) is 0 Å². The van der Waals surface area contributed by atoms with E-state index in [2.05, 4.69) is 5.32 Å². The summed E-state index contributed by atoms with van der Waals surface area (Å²) in [5, 5.41) is 2.22. The fraction of sp³-hybridized carbons (Fsp3) is 0.231. The molecule has 2 amide bonds. The van der Waals surface area contributed by atoms with E-state index in [1.807, 2.05) is 0 Å². The summed E-state index contributed by atoms with van der Waals surface area (Å²) in [5.74, 6) is 0.510. The Kier molecular flexibility index (Phi) is 2.51. The average molecular weight is 245 g/mol. The van der Waals surface area contributed by atoms with Gasteiger partial charge in [-0.1, -0.05) is 6.07 Å². The molecule has 0 aromatic heterocycles. The highest BCUT2D eigenvalue weighted by atomic mass is 16.5. The summed E-state index contributed by atoms with van der Waals surface area (Å²) in [6, 6.07) is 5.23. The summed E-state index contributed by atoms with van der Waals surface area (Å²) in [6.45, 7) is 1.20. The van der Waals surface area contributed by atoms with Crippen molar-refractivity contribution in [1.82, 2.24) is 5.32 Å². The molecule has 3 rings (SSSR count). The van der Waals surface area contributed by atoms with Crippen molar-refractivity contribution < 1.29 is 19.1 Å². The smallest absolute Gasteiger partial charge is 0.258 e. The van der Waals surface area contributed by atoms with Crippen LogP contribution >= 0.6 is 0 Å². The van der Waals surface area contributed by atoms with E-state index in [-0.39, 0.29) is 11.8 Å². The molecule has 1 N–H and O–H groups in total. The molecule has 18 heavy (non-hydrogen) atoms. The van der Waals surface area contributed by atoms with Crippen LogP contribution in [0.15, 0.2) is 24.3 Å². The first kappa shape index (κ1) is 10.8. The zero-order valence-electron chi connectivity index (χ0n) is 9.56. The second kappa shape index (κ2) is 4.18. The monoisotopic (exact) mass is 245 g/mol. The minimum Gasteiger partial charge on any atom is -0.490 e. The molecule has 2 aliphatic heterocycles. The fourth-order valence-electron chi connectivity index (χ4n) is 1.96. The molecule has 2 aliphatic rings. The van der Waals surface area contributed by atoms with Gasteiger partial charge < -0.3 is 9.47 Å². The van der Waals surface area contributed by atoms with Crippen LogP contribution in [0.5, 0.6) is 11.5 Å². The maximum absolute atomic E-state index is 11.5. The summed E-state index contributed by atoms with van der Waals surface area (Å²) in [6.07, 6.45) is 2.12. The number of imide groups is 1. The van der Waals surface area contributed by atoms with Gasteiger partial charge in [0.2, 0.25) is 0 Å². The normalized spacial score (nSPS) is 18.1. The van der Waals surface area contributed by atoms with Crippen LogP contribution in [-0.4, -0.2) is 25.0 Å². The van der Waals surface area contributed by atoms with Crippen molar-refractivity contribution in [1.29, 1.82) is 0 Å². The van der Waals surface area contributed by atoms with Crippen LogP contribution in [0.3, 0.4) is 0 Å². The van der Waals surface area contributed by atoms with E-state index in [0.717, 1.165) is 6.42 Å². The molecule has 0 saturated carbocycles. The SMILES string of the molecule is O=C1C=C(c2ccc3c(c2)OCCCO3)C(=O)N1. The third-order valence-electron chi connectivity index (χ3n) is 2.82. The first-order chi connectivity index (χ1) is 8.74. The number of rotatable bonds is 1. The van der Waals surface area contributed by atoms with E-state index in [4.69, 9.17) is 9.47 Å². The number of carbonyl (C=O) groups excluding carboxylic acids is 2. The number of fused-ring (bicyclic) bond motifs is 1. The van der Waals surface area contributed by atoms with E-state index >= 15 is 0 Å². The van der Waals surface area contributed by atoms with Crippen LogP contribution < -0.4 is 14.8 Å². The van der Waals surface area contributed by atoms with Crippen molar-refractivity contribution in [3.05, 3.63) is 29.8 Å². The molecule has 0 saturated heterocycles. The first-order valence-electron chi connectivity index (χ1n) is 5.71. The molecule has 0 unspecified atom stereocenters. The molecule has 0 aliphatic carbocycles. The van der Waals surface area contributed by atoms with Crippen LogP contribution in [0.2, 0.25) is 0 Å². The molecule has 0 bridgehead atoms. The van der Waals surface area contributed by atoms with Gasteiger partial charge in [-0.15, -0.1) is 0 Å². The predicted molar refractivity (Wildman–Crippen MR) is 63.2 cm³/mol. The van der Waals surface area contributed by atoms with Gasteiger partial charge in [-0.2, -0.15) is 0 Å². The number of ether oxygens (including phenoxy) is 2. The van der Waals surface area contributed by atoms with Crippen molar-refractivity contribution in [2.45, 2.75) is 6.42 Å². The molecule has 5 nitrogen and oxygen atoms in total. The van der Waals surface area contributed by atoms with Gasteiger partial charge >= 0.3 is 0 Å². The highest BCUT2D eigenvalue weighted by Crippen LogP contribution is 2.33. The zero-order valence-corrected chi connectivity index (χ0v) is 9.56. The molecule has 0 spiro atoms. The van der Waals surface area contributed by atoms with Gasteiger partial charge in [0.1, 0.15) is 0 Å². The Hall–Kier alpha value is -2.30. The van der Waals surface area contributed by atoms with Crippen molar-refractivity contribution in [2.75, 3.05) is 13.2 Å². The average Bonchev–Trinajstić information content (AvgIpc) is 2.58. The molecule has 1 aromatic carbocycles. The molecule has 1 aromatic rings. The molecule has 92 valence electrons. The van der Waals surface area contributed by atoms with Crippen LogP contribution in [0.4, 0.5) is 0 Å². The third kappa shape index (κ3) is 1.84. The first-order valence-corrected chi connectivity index (χ1v) is 5.71. The van der Waals surface area contributed by atoms with Gasteiger partial charge in [-0.25, -0.2) is 0 Å². The maximum atomic E-state index is 11.5. The van der Waals surface area contributed by atoms with Gasteiger partial charge in [0.05, 0.1) is 18.8 Å². The molecule has 5 heteroatoms. The molecule has 0 radical (unpaired) electrons. The number of nitrogens with one attached hydrogen (secondary N) is 1. The number of hydrogen-bond acceptors (Lipinski definition) is 4. The lowest BCUT2D eigenvalue weighted by Gasteiger charge is -2.09. The zero-order chi connectivity index (χ0) is 12.5. The number of hydrogen-bond donors (Lipinski definition) is 1. The minimum atomic E-state index is -0.387. The Bertz CT molecular complexity index is 562. The van der Waals surface area contributed by atoms with Gasteiger partial charge in [0.25, 0.3) is 11.8 Å². The highest BCUT2D eigenvalue weighted by molar-refractivity contribution is 6.33. The van der Waals surface area contributed by atoms with Crippen molar-refractivity contribution >= 4 is 17.4 Å². The predicted octanol–water partition coefficient (Wildman–Crippen LogP) is 0.888. The Balaban J connectivity index is 1.99. The lowest BCUT2D eigenvalue weighted by atomic mass is 10.1. The van der Waals surface area contributed by atoms with Gasteiger partial charge in [-0.05, 0) is 17.7 Å². The lowest BCUT2D eigenvalue weighted by Crippen LogP contribution is -2.21. The van der Waals surface area contributed by atoms with Crippen molar-refractivity contribution in [2.24, 2.45) is 0 Å². The third-order valence-corrected chi connectivity index (χ3v) is 2.82. The largest absolute Gasteiger partial charge is 0.490 e. The topological polar surface area (TPSA) is 64.6 Å². The number of carbonyl (C=O) groups is 2. The minimum absolute atomic E-state index is 0.357. The summed E-state index contributed by atoms with van der Waals surface area (Å²) >= 11 is 0. The van der Waals surface area contributed by atoms with E-state index < -0.39 is 0 Å². The quantitative estimate of drug-likeness (QED) is 0.746. The van der Waals surface area contributed by atoms with Crippen LogP contribution in [-0.2, 0) is 9.59 Å². The maximum Gasteiger partial charge on any atom is 0.258 e. The van der Waals surface area contributed by atoms with E-state index in [0.29, 0.717) is 35.8 Å². The second-order valence-electron chi connectivity index (χ2n) is 4.09. The summed E-state index contributed by atoms with van der Waals surface area (Å²) in [7, 11) is 0. The number of benzene rings is 1. The molecule has 0 atom stereocenters. The van der Waals surface area contributed by atoms with Gasteiger partial charge in [-0.3, -0.25) is 14.9 Å². The van der Waals surface area contributed by atoms with Gasteiger partial charge in [0, 0.05) is 12.5 Å². The van der Waals surface area contributed by atoms with Crippen molar-refractivity contribution in [3.8, 4) is 11.5 Å². The second-order valence-corrected chi connectivity index (χ2v) is 4.09. The van der Waals surface area contributed by atoms with Crippen molar-refractivity contribution in [3.63, 3.8) is 0 Å². The van der Waals surface area contributed by atoms with Gasteiger partial charge in [0.15, 0.2) is 11.5 Å². The van der Waals surface area contributed by atoms with E-state index in [1.165, 1.54) is 6.08 Å². The van der Waals surface area contributed by atoms with Crippen LogP contribution in [0.1, 0.15) is 12.0 Å². The highest BCUT2D eigenvalue weighted by Gasteiger charge is 2.23. The molecular weight excluding hydrogens is 234 g/mol. The fourth-order valence-corrected chi connectivity index (χ4v) is 1.96. The summed E-state index contributed by atoms with van der Waals surface area (Å²) < 4.78 is 11.0. The Morgan fingerprint density at radius 1 is 1.06 bits per heavy atom. The Morgan fingerprint density at radius 2 is 1.83 bits per heavy atom.